The predicted octanol–water partition coefficient (Wildman–Crippen LogP) is 4.28. The molecule has 1 unspecified atom stereocenters. The average Bonchev–Trinajstić information content (AvgIpc) is 3.35. The van der Waals surface area contributed by atoms with Crippen LogP contribution < -0.4 is 4.90 Å². The molecule has 0 N–H and O–H groups in total. The summed E-state index contributed by atoms with van der Waals surface area (Å²) in [6.45, 7) is 0.553. The molecule has 28 heavy (non-hydrogen) atoms. The second-order valence-corrected chi connectivity index (χ2v) is 7.49. The summed E-state index contributed by atoms with van der Waals surface area (Å²) >= 11 is 0. The van der Waals surface area contributed by atoms with Crippen LogP contribution in [0.1, 0.15) is 42.1 Å². The van der Waals surface area contributed by atoms with Crippen molar-refractivity contribution in [1.82, 2.24) is 10.1 Å². The predicted molar refractivity (Wildman–Crippen MR) is 102 cm³/mol. The van der Waals surface area contributed by atoms with Crippen LogP contribution in [0.5, 0.6) is 0 Å². The topological polar surface area (TPSA) is 59.2 Å². The van der Waals surface area contributed by atoms with Crippen LogP contribution in [0.3, 0.4) is 0 Å². The van der Waals surface area contributed by atoms with E-state index >= 15 is 0 Å². The number of aryl methyl sites for hydroxylation is 1. The minimum atomic E-state index is -0.313. The summed E-state index contributed by atoms with van der Waals surface area (Å²) in [7, 11) is 0. The van der Waals surface area contributed by atoms with Gasteiger partial charge in [-0.15, -0.1) is 0 Å². The van der Waals surface area contributed by atoms with Crippen molar-refractivity contribution in [3.05, 3.63) is 65.2 Å². The van der Waals surface area contributed by atoms with Gasteiger partial charge in [-0.3, -0.25) is 4.79 Å². The van der Waals surface area contributed by atoms with Crippen LogP contribution in [0.15, 0.2) is 47.0 Å². The molecule has 1 aromatic heterocycles. The van der Waals surface area contributed by atoms with Gasteiger partial charge in [0.05, 0.1) is 0 Å². The van der Waals surface area contributed by atoms with Crippen LogP contribution >= 0.6 is 0 Å². The molecule has 0 saturated carbocycles. The van der Waals surface area contributed by atoms with Crippen LogP contribution in [0.4, 0.5) is 10.1 Å². The van der Waals surface area contributed by atoms with E-state index in [1.54, 1.807) is 12.1 Å². The SMILES string of the molecule is O=C1CC(c2noc(-c3ccc(F)cc3)n2)CN1c1cccc2c1CCCC2. The lowest BCUT2D eigenvalue weighted by atomic mass is 9.90. The number of hydrogen-bond acceptors (Lipinski definition) is 4. The molecule has 5 nitrogen and oxygen atoms in total. The summed E-state index contributed by atoms with van der Waals surface area (Å²) in [5, 5.41) is 4.09. The molecular weight excluding hydrogens is 357 g/mol. The van der Waals surface area contributed by atoms with Gasteiger partial charge < -0.3 is 9.42 Å². The molecule has 142 valence electrons. The zero-order chi connectivity index (χ0) is 19.1. The first-order valence-electron chi connectivity index (χ1n) is 9.70. The first-order chi connectivity index (χ1) is 13.7. The highest BCUT2D eigenvalue weighted by Crippen LogP contribution is 2.36. The molecule has 1 saturated heterocycles. The van der Waals surface area contributed by atoms with E-state index in [1.165, 1.54) is 36.1 Å². The van der Waals surface area contributed by atoms with Gasteiger partial charge in [0.15, 0.2) is 5.82 Å². The molecule has 0 radical (unpaired) electrons. The number of anilines is 1. The van der Waals surface area contributed by atoms with Crippen molar-refractivity contribution in [3.8, 4) is 11.5 Å². The van der Waals surface area contributed by atoms with Gasteiger partial charge in [0.2, 0.25) is 5.91 Å². The number of hydrogen-bond donors (Lipinski definition) is 0. The van der Waals surface area contributed by atoms with Crippen LogP contribution in [-0.4, -0.2) is 22.6 Å². The molecule has 1 fully saturated rings. The van der Waals surface area contributed by atoms with Crippen molar-refractivity contribution in [1.29, 1.82) is 0 Å². The van der Waals surface area contributed by atoms with Crippen LogP contribution in [-0.2, 0) is 17.6 Å². The normalized spacial score (nSPS) is 19.1. The van der Waals surface area contributed by atoms with Gasteiger partial charge in [-0.25, -0.2) is 4.39 Å². The van der Waals surface area contributed by atoms with Crippen LogP contribution in [0.25, 0.3) is 11.5 Å². The first kappa shape index (κ1) is 17.1. The van der Waals surface area contributed by atoms with E-state index in [-0.39, 0.29) is 17.6 Å². The van der Waals surface area contributed by atoms with Crippen molar-refractivity contribution in [3.63, 3.8) is 0 Å². The van der Waals surface area contributed by atoms with E-state index in [4.69, 9.17) is 4.52 Å². The van der Waals surface area contributed by atoms with Gasteiger partial charge in [-0.2, -0.15) is 4.98 Å². The molecule has 3 aromatic rings. The van der Waals surface area contributed by atoms with Crippen LogP contribution in [0, 0.1) is 5.82 Å². The van der Waals surface area contributed by atoms with E-state index in [9.17, 15) is 9.18 Å². The molecule has 1 aliphatic carbocycles. The summed E-state index contributed by atoms with van der Waals surface area (Å²) in [4.78, 5) is 19.1. The highest BCUT2D eigenvalue weighted by Gasteiger charge is 2.36. The number of benzene rings is 2. The lowest BCUT2D eigenvalue weighted by Gasteiger charge is -2.25. The standard InChI is InChI=1S/C22H20FN3O2/c23-17-10-8-15(9-11-17)22-24-21(25-28-22)16-12-20(27)26(13-16)19-7-3-5-14-4-1-2-6-18(14)19/h3,5,7-11,16H,1-2,4,6,12-13H2. The Morgan fingerprint density at radius 3 is 2.75 bits per heavy atom. The smallest absolute Gasteiger partial charge is 0.257 e. The number of rotatable bonds is 3. The van der Waals surface area contributed by atoms with Gasteiger partial charge in [0, 0.05) is 30.1 Å². The average molecular weight is 377 g/mol. The molecule has 6 heteroatoms. The Kier molecular flexibility index (Phi) is 4.19. The molecule has 1 amide bonds. The van der Waals surface area contributed by atoms with Crippen molar-refractivity contribution in [2.75, 3.05) is 11.4 Å². The number of amides is 1. The Balaban J connectivity index is 1.40. The first-order valence-corrected chi connectivity index (χ1v) is 9.70. The summed E-state index contributed by atoms with van der Waals surface area (Å²) in [5.41, 5.74) is 4.37. The van der Waals surface area contributed by atoms with Crippen LogP contribution in [0.2, 0.25) is 0 Å². The van der Waals surface area contributed by atoms with E-state index in [0.29, 0.717) is 30.2 Å². The third-order valence-electron chi connectivity index (χ3n) is 5.69. The lowest BCUT2D eigenvalue weighted by molar-refractivity contribution is -0.117. The molecule has 1 aliphatic heterocycles. The maximum atomic E-state index is 13.1. The molecule has 5 rings (SSSR count). The number of carbonyl (C=O) groups excluding carboxylic acids is 1. The maximum Gasteiger partial charge on any atom is 0.257 e. The van der Waals surface area contributed by atoms with Crippen molar-refractivity contribution >= 4 is 11.6 Å². The van der Waals surface area contributed by atoms with E-state index in [1.807, 2.05) is 17.0 Å². The number of nitrogens with zero attached hydrogens (tertiary/aromatic N) is 3. The summed E-state index contributed by atoms with van der Waals surface area (Å²) in [6, 6.07) is 12.2. The lowest BCUT2D eigenvalue weighted by Crippen LogP contribution is -2.26. The second-order valence-electron chi connectivity index (χ2n) is 7.49. The minimum Gasteiger partial charge on any atom is -0.334 e. The molecule has 2 aromatic carbocycles. The Morgan fingerprint density at radius 1 is 1.07 bits per heavy atom. The fourth-order valence-electron chi connectivity index (χ4n) is 4.24. The van der Waals surface area contributed by atoms with Gasteiger partial charge >= 0.3 is 0 Å². The van der Waals surface area contributed by atoms with Gasteiger partial charge in [-0.05, 0) is 67.1 Å². The fraction of sp³-hybridized carbons (Fsp3) is 0.318. The number of carbonyl (C=O) groups is 1. The number of aromatic nitrogens is 2. The van der Waals surface area contributed by atoms with Crippen molar-refractivity contribution in [2.45, 2.75) is 38.0 Å². The Hall–Kier alpha value is -3.02. The molecule has 2 heterocycles. The monoisotopic (exact) mass is 377 g/mol. The maximum absolute atomic E-state index is 13.1. The third kappa shape index (κ3) is 2.99. The zero-order valence-electron chi connectivity index (χ0n) is 15.4. The summed E-state index contributed by atoms with van der Waals surface area (Å²) in [5.74, 6) is 0.548. The van der Waals surface area contributed by atoms with Crippen molar-refractivity contribution < 1.29 is 13.7 Å². The Labute approximate surface area is 162 Å². The number of halogens is 1. The van der Waals surface area contributed by atoms with Gasteiger partial charge in [-0.1, -0.05) is 17.3 Å². The Bertz CT molecular complexity index is 1030. The van der Waals surface area contributed by atoms with E-state index in [2.05, 4.69) is 16.2 Å². The largest absolute Gasteiger partial charge is 0.334 e. The summed E-state index contributed by atoms with van der Waals surface area (Å²) in [6.07, 6.45) is 4.85. The van der Waals surface area contributed by atoms with E-state index < -0.39 is 0 Å². The molecule has 0 spiro atoms. The number of fused-ring (bicyclic) bond motifs is 1. The quantitative estimate of drug-likeness (QED) is 0.684. The second kappa shape index (κ2) is 6.86. The third-order valence-corrected chi connectivity index (χ3v) is 5.69. The zero-order valence-corrected chi connectivity index (χ0v) is 15.4. The minimum absolute atomic E-state index is 0.0945. The molecule has 0 bridgehead atoms. The summed E-state index contributed by atoms with van der Waals surface area (Å²) < 4.78 is 18.5. The highest BCUT2D eigenvalue weighted by atomic mass is 19.1. The molecule has 2 aliphatic rings. The van der Waals surface area contributed by atoms with Gasteiger partial charge in [0.25, 0.3) is 5.89 Å². The van der Waals surface area contributed by atoms with Gasteiger partial charge in [0.1, 0.15) is 5.82 Å². The van der Waals surface area contributed by atoms with E-state index in [0.717, 1.165) is 18.5 Å². The molecular formula is C22H20FN3O2. The highest BCUT2D eigenvalue weighted by molar-refractivity contribution is 5.97. The Morgan fingerprint density at radius 2 is 1.89 bits per heavy atom. The molecule has 1 atom stereocenters. The van der Waals surface area contributed by atoms with Crippen molar-refractivity contribution in [2.24, 2.45) is 0 Å². The fourth-order valence-corrected chi connectivity index (χ4v) is 4.24.